The monoisotopic (exact) mass is 378 g/mol. The molecule has 0 bridgehead atoms. The molecule has 0 radical (unpaired) electrons. The molecule has 1 saturated heterocycles. The minimum absolute atomic E-state index is 0.187. The third kappa shape index (κ3) is 4.31. The molecule has 1 aromatic heterocycles. The van der Waals surface area contributed by atoms with Crippen molar-refractivity contribution in [3.63, 3.8) is 0 Å². The fraction of sp³-hybridized carbons (Fsp3) is 0.556. The average molecular weight is 378 g/mol. The van der Waals surface area contributed by atoms with E-state index in [0.717, 1.165) is 42.5 Å². The zero-order valence-electron chi connectivity index (χ0n) is 15.5. The van der Waals surface area contributed by atoms with Crippen LogP contribution in [0.15, 0.2) is 23.4 Å². The molecule has 1 aliphatic heterocycles. The van der Waals surface area contributed by atoms with E-state index in [2.05, 4.69) is 19.7 Å². The normalized spacial score (nSPS) is 17.2. The zero-order chi connectivity index (χ0) is 18.5. The van der Waals surface area contributed by atoms with Crippen LogP contribution in [-0.2, 0) is 24.4 Å². The molecule has 2 aromatic rings. The summed E-state index contributed by atoms with van der Waals surface area (Å²) in [6, 6.07) is 5.54. The molecule has 0 amide bonds. The number of ether oxygens (including phenoxy) is 2. The molecule has 8 heteroatoms. The summed E-state index contributed by atoms with van der Waals surface area (Å²) in [6.07, 6.45) is 4.45. The highest BCUT2D eigenvalue weighted by atomic mass is 32.2. The van der Waals surface area contributed by atoms with Crippen LogP contribution in [0.1, 0.15) is 24.2 Å². The number of aromatic nitrogens is 3. The van der Waals surface area contributed by atoms with Crippen LogP contribution in [0.25, 0.3) is 0 Å². The standard InChI is InChI=1S/C18H26N4O3S/c1-21(10-13-6-4-8-15(24-2)17(13)23)12-16-19-20-18(26-3)22(16)11-14-7-5-9-25-14/h4,6,8,14,23H,5,7,9-12H2,1-3H3/t14-/m1/s1. The fourth-order valence-corrected chi connectivity index (χ4v) is 3.73. The SMILES string of the molecule is COc1cccc(CN(C)Cc2nnc(SC)n2C[C@H]2CCCO2)c1O. The minimum atomic E-state index is 0.187. The van der Waals surface area contributed by atoms with Gasteiger partial charge in [0.05, 0.1) is 26.3 Å². The Kier molecular flexibility index (Phi) is 6.39. The Morgan fingerprint density at radius 1 is 1.38 bits per heavy atom. The number of benzene rings is 1. The van der Waals surface area contributed by atoms with E-state index in [9.17, 15) is 5.11 Å². The van der Waals surface area contributed by atoms with E-state index in [-0.39, 0.29) is 11.9 Å². The number of hydrogen-bond donors (Lipinski definition) is 1. The molecular formula is C18H26N4O3S. The molecular weight excluding hydrogens is 352 g/mol. The Labute approximate surface area is 158 Å². The second-order valence-corrected chi connectivity index (χ2v) is 7.26. The van der Waals surface area contributed by atoms with Crippen molar-refractivity contribution in [3.8, 4) is 11.5 Å². The second kappa shape index (κ2) is 8.75. The first-order valence-electron chi connectivity index (χ1n) is 8.73. The Bertz CT molecular complexity index is 731. The number of phenolic OH excluding ortho intramolecular Hbond substituents is 1. The van der Waals surface area contributed by atoms with Crippen molar-refractivity contribution in [2.75, 3.05) is 27.0 Å². The van der Waals surface area contributed by atoms with E-state index in [0.29, 0.717) is 18.8 Å². The second-order valence-electron chi connectivity index (χ2n) is 6.49. The molecule has 1 aromatic carbocycles. The topological polar surface area (TPSA) is 72.6 Å². The number of nitrogens with zero attached hydrogens (tertiary/aromatic N) is 4. The fourth-order valence-electron chi connectivity index (χ4n) is 3.21. The van der Waals surface area contributed by atoms with Gasteiger partial charge in [0, 0.05) is 18.7 Å². The van der Waals surface area contributed by atoms with Crippen molar-refractivity contribution in [1.82, 2.24) is 19.7 Å². The van der Waals surface area contributed by atoms with Gasteiger partial charge in [-0.15, -0.1) is 10.2 Å². The first kappa shape index (κ1) is 19.0. The van der Waals surface area contributed by atoms with Gasteiger partial charge in [-0.2, -0.15) is 0 Å². The smallest absolute Gasteiger partial charge is 0.191 e. The molecule has 0 unspecified atom stereocenters. The number of rotatable bonds is 8. The average Bonchev–Trinajstić information content (AvgIpc) is 3.28. The van der Waals surface area contributed by atoms with Gasteiger partial charge in [0.15, 0.2) is 16.7 Å². The lowest BCUT2D eigenvalue weighted by molar-refractivity contribution is 0.0934. The highest BCUT2D eigenvalue weighted by Crippen LogP contribution is 2.30. The van der Waals surface area contributed by atoms with Gasteiger partial charge in [-0.05, 0) is 32.2 Å². The molecule has 1 atom stereocenters. The van der Waals surface area contributed by atoms with Crippen LogP contribution in [0.3, 0.4) is 0 Å². The van der Waals surface area contributed by atoms with Crippen molar-refractivity contribution in [2.45, 2.75) is 43.7 Å². The van der Waals surface area contributed by atoms with Crippen LogP contribution in [0.2, 0.25) is 0 Å². The van der Waals surface area contributed by atoms with E-state index < -0.39 is 0 Å². The van der Waals surface area contributed by atoms with Crippen molar-refractivity contribution < 1.29 is 14.6 Å². The van der Waals surface area contributed by atoms with Crippen molar-refractivity contribution in [1.29, 1.82) is 0 Å². The lowest BCUT2D eigenvalue weighted by atomic mass is 10.1. The maximum absolute atomic E-state index is 10.3. The van der Waals surface area contributed by atoms with Gasteiger partial charge in [-0.25, -0.2) is 0 Å². The third-order valence-electron chi connectivity index (χ3n) is 4.54. The lowest BCUT2D eigenvalue weighted by Crippen LogP contribution is -2.23. The lowest BCUT2D eigenvalue weighted by Gasteiger charge is -2.19. The first-order chi connectivity index (χ1) is 12.6. The summed E-state index contributed by atoms with van der Waals surface area (Å²) in [7, 11) is 3.56. The van der Waals surface area contributed by atoms with Crippen LogP contribution >= 0.6 is 11.8 Å². The Balaban J connectivity index is 1.71. The highest BCUT2D eigenvalue weighted by Gasteiger charge is 2.21. The van der Waals surface area contributed by atoms with Gasteiger partial charge in [0.1, 0.15) is 5.82 Å². The minimum Gasteiger partial charge on any atom is -0.504 e. The molecule has 1 N–H and O–H groups in total. The summed E-state index contributed by atoms with van der Waals surface area (Å²) in [5.41, 5.74) is 0.821. The number of para-hydroxylation sites is 1. The summed E-state index contributed by atoms with van der Waals surface area (Å²) >= 11 is 1.60. The van der Waals surface area contributed by atoms with E-state index in [1.807, 2.05) is 25.4 Å². The number of methoxy groups -OCH3 is 1. The van der Waals surface area contributed by atoms with Crippen LogP contribution < -0.4 is 4.74 Å². The van der Waals surface area contributed by atoms with Gasteiger partial charge in [0.2, 0.25) is 0 Å². The van der Waals surface area contributed by atoms with E-state index in [4.69, 9.17) is 9.47 Å². The summed E-state index contributed by atoms with van der Waals surface area (Å²) in [5.74, 6) is 1.59. The Hall–Kier alpha value is -1.77. The summed E-state index contributed by atoms with van der Waals surface area (Å²) in [5, 5.41) is 19.9. The first-order valence-corrected chi connectivity index (χ1v) is 9.96. The van der Waals surface area contributed by atoms with Gasteiger partial charge >= 0.3 is 0 Å². The summed E-state index contributed by atoms with van der Waals surface area (Å²) in [4.78, 5) is 2.11. The van der Waals surface area contributed by atoms with Crippen LogP contribution in [0, 0.1) is 0 Å². The zero-order valence-corrected chi connectivity index (χ0v) is 16.3. The molecule has 142 valence electrons. The van der Waals surface area contributed by atoms with Crippen LogP contribution in [0.5, 0.6) is 11.5 Å². The molecule has 0 saturated carbocycles. The summed E-state index contributed by atoms with van der Waals surface area (Å²) in [6.45, 7) is 2.85. The predicted octanol–water partition coefficient (Wildman–Crippen LogP) is 2.53. The number of thioether (sulfide) groups is 1. The largest absolute Gasteiger partial charge is 0.504 e. The Morgan fingerprint density at radius 3 is 2.92 bits per heavy atom. The predicted molar refractivity (Wildman–Crippen MR) is 101 cm³/mol. The van der Waals surface area contributed by atoms with E-state index in [1.165, 1.54) is 0 Å². The molecule has 7 nitrogen and oxygen atoms in total. The maximum Gasteiger partial charge on any atom is 0.191 e. The van der Waals surface area contributed by atoms with E-state index in [1.54, 1.807) is 24.9 Å². The molecule has 3 rings (SSSR count). The molecule has 0 spiro atoms. The number of aromatic hydroxyl groups is 1. The van der Waals surface area contributed by atoms with Gasteiger partial charge in [-0.3, -0.25) is 4.90 Å². The maximum atomic E-state index is 10.3. The van der Waals surface area contributed by atoms with Gasteiger partial charge < -0.3 is 19.1 Å². The molecule has 1 fully saturated rings. The van der Waals surface area contributed by atoms with Crippen molar-refractivity contribution >= 4 is 11.8 Å². The van der Waals surface area contributed by atoms with Gasteiger partial charge in [0.25, 0.3) is 0 Å². The molecule has 2 heterocycles. The van der Waals surface area contributed by atoms with Crippen LogP contribution in [0.4, 0.5) is 0 Å². The third-order valence-corrected chi connectivity index (χ3v) is 5.21. The quantitative estimate of drug-likeness (QED) is 0.708. The number of phenols is 1. The molecule has 26 heavy (non-hydrogen) atoms. The highest BCUT2D eigenvalue weighted by molar-refractivity contribution is 7.98. The van der Waals surface area contributed by atoms with E-state index >= 15 is 0 Å². The molecule has 1 aliphatic rings. The summed E-state index contributed by atoms with van der Waals surface area (Å²) < 4.78 is 13.1. The van der Waals surface area contributed by atoms with Gasteiger partial charge in [-0.1, -0.05) is 23.9 Å². The van der Waals surface area contributed by atoms with Crippen molar-refractivity contribution in [3.05, 3.63) is 29.6 Å². The van der Waals surface area contributed by atoms with Crippen molar-refractivity contribution in [2.24, 2.45) is 0 Å². The van der Waals surface area contributed by atoms with Crippen LogP contribution in [-0.4, -0.2) is 57.9 Å². The number of hydrogen-bond acceptors (Lipinski definition) is 7. The Morgan fingerprint density at radius 2 is 2.23 bits per heavy atom. The molecule has 0 aliphatic carbocycles.